The fourth-order valence-electron chi connectivity index (χ4n) is 1.85. The first-order chi connectivity index (χ1) is 7.69. The highest BCUT2D eigenvalue weighted by Gasteiger charge is 2.14. The zero-order chi connectivity index (χ0) is 11.5. The van der Waals surface area contributed by atoms with Crippen molar-refractivity contribution in [1.82, 2.24) is 0 Å². The van der Waals surface area contributed by atoms with E-state index in [2.05, 4.69) is 6.92 Å². The third kappa shape index (κ3) is 2.36. The molecule has 0 saturated heterocycles. The fraction of sp³-hybridized carbons (Fsp3) is 0.385. The van der Waals surface area contributed by atoms with Gasteiger partial charge in [-0.25, -0.2) is 0 Å². The van der Waals surface area contributed by atoms with Crippen molar-refractivity contribution in [2.24, 2.45) is 5.73 Å². The smallest absolute Gasteiger partial charge is 0.130 e. The van der Waals surface area contributed by atoms with Gasteiger partial charge < -0.3 is 15.6 Å². The first-order valence-electron chi connectivity index (χ1n) is 5.61. The van der Waals surface area contributed by atoms with Gasteiger partial charge in [0.1, 0.15) is 11.5 Å². The van der Waals surface area contributed by atoms with Crippen LogP contribution in [-0.4, -0.2) is 11.1 Å². The summed E-state index contributed by atoms with van der Waals surface area (Å²) in [4.78, 5) is 0. The van der Waals surface area contributed by atoms with Crippen LogP contribution in [0.15, 0.2) is 30.0 Å². The highest BCUT2D eigenvalue weighted by Crippen LogP contribution is 2.30. The molecule has 1 aliphatic heterocycles. The Kier molecular flexibility index (Phi) is 3.15. The lowest BCUT2D eigenvalue weighted by Crippen LogP contribution is -2.20. The molecule has 0 aliphatic carbocycles. The molecular weight excluding hydrogens is 202 g/mol. The average Bonchev–Trinajstić information content (AvgIpc) is 2.28. The molecule has 1 atom stereocenters. The summed E-state index contributed by atoms with van der Waals surface area (Å²) in [6.45, 7) is 2.08. The van der Waals surface area contributed by atoms with Crippen LogP contribution in [0.2, 0.25) is 0 Å². The predicted octanol–water partition coefficient (Wildman–Crippen LogP) is 2.34. The molecule has 3 heteroatoms. The van der Waals surface area contributed by atoms with E-state index in [1.165, 1.54) is 5.57 Å². The van der Waals surface area contributed by atoms with Crippen LogP contribution >= 0.6 is 0 Å². The van der Waals surface area contributed by atoms with E-state index < -0.39 is 0 Å². The molecule has 1 unspecified atom stereocenters. The number of phenols is 1. The van der Waals surface area contributed by atoms with Gasteiger partial charge in [-0.15, -0.1) is 0 Å². The van der Waals surface area contributed by atoms with E-state index in [9.17, 15) is 5.11 Å². The van der Waals surface area contributed by atoms with E-state index in [0.29, 0.717) is 0 Å². The maximum absolute atomic E-state index is 9.40. The summed E-state index contributed by atoms with van der Waals surface area (Å²) in [6.07, 6.45) is 4.42. The van der Waals surface area contributed by atoms with Crippen LogP contribution in [0.5, 0.6) is 11.5 Å². The average molecular weight is 219 g/mol. The van der Waals surface area contributed by atoms with Gasteiger partial charge in [0.15, 0.2) is 0 Å². The number of phenolic OH excluding ortho intramolecular Hbond substituents is 1. The number of nitrogens with two attached hydrogens (primary N) is 1. The van der Waals surface area contributed by atoms with Crippen molar-refractivity contribution in [3.05, 3.63) is 35.6 Å². The molecule has 0 aromatic heterocycles. The first-order valence-corrected chi connectivity index (χ1v) is 5.61. The second-order valence-electron chi connectivity index (χ2n) is 4.24. The quantitative estimate of drug-likeness (QED) is 0.820. The molecule has 1 aromatic carbocycles. The largest absolute Gasteiger partial charge is 0.508 e. The summed E-state index contributed by atoms with van der Waals surface area (Å²) in [5, 5.41) is 9.40. The summed E-state index contributed by atoms with van der Waals surface area (Å²) < 4.78 is 5.51. The molecule has 0 spiro atoms. The molecule has 0 bridgehead atoms. The number of hydrogen-bond donors (Lipinski definition) is 2. The standard InChI is InChI=1S/C13H17NO2/c1-2-11(14)6-9-5-10-7-12(15)3-4-13(10)16-8-9/h3-4,7-8,11,15H,2,5-6,14H2,1H3. The second kappa shape index (κ2) is 4.58. The van der Waals surface area contributed by atoms with E-state index in [0.717, 1.165) is 30.6 Å². The highest BCUT2D eigenvalue weighted by atomic mass is 16.5. The van der Waals surface area contributed by atoms with Gasteiger partial charge in [0.05, 0.1) is 6.26 Å². The summed E-state index contributed by atoms with van der Waals surface area (Å²) in [5.74, 6) is 1.11. The van der Waals surface area contributed by atoms with Gasteiger partial charge in [-0.2, -0.15) is 0 Å². The zero-order valence-corrected chi connectivity index (χ0v) is 9.44. The molecule has 0 fully saturated rings. The van der Waals surface area contributed by atoms with Gasteiger partial charge in [0.25, 0.3) is 0 Å². The first kappa shape index (κ1) is 11.0. The Balaban J connectivity index is 2.11. The van der Waals surface area contributed by atoms with Gasteiger partial charge in [-0.3, -0.25) is 0 Å². The molecule has 1 aliphatic rings. The van der Waals surface area contributed by atoms with Crippen molar-refractivity contribution in [2.75, 3.05) is 0 Å². The van der Waals surface area contributed by atoms with Crippen LogP contribution < -0.4 is 10.5 Å². The van der Waals surface area contributed by atoms with Gasteiger partial charge in [-0.1, -0.05) is 6.92 Å². The Hall–Kier alpha value is -1.48. The second-order valence-corrected chi connectivity index (χ2v) is 4.24. The number of aromatic hydroxyl groups is 1. The maximum Gasteiger partial charge on any atom is 0.130 e. The van der Waals surface area contributed by atoms with E-state index in [1.54, 1.807) is 24.5 Å². The predicted molar refractivity (Wildman–Crippen MR) is 63.4 cm³/mol. The monoisotopic (exact) mass is 219 g/mol. The van der Waals surface area contributed by atoms with E-state index in [4.69, 9.17) is 10.5 Å². The summed E-state index contributed by atoms with van der Waals surface area (Å²) in [7, 11) is 0. The lowest BCUT2D eigenvalue weighted by molar-refractivity contribution is 0.440. The molecular formula is C13H17NO2. The van der Waals surface area contributed by atoms with Crippen LogP contribution in [0, 0.1) is 0 Å². The molecule has 3 nitrogen and oxygen atoms in total. The number of ether oxygens (including phenoxy) is 1. The highest BCUT2D eigenvalue weighted by molar-refractivity contribution is 5.44. The summed E-state index contributed by atoms with van der Waals surface area (Å²) >= 11 is 0. The summed E-state index contributed by atoms with van der Waals surface area (Å²) in [6, 6.07) is 5.36. The lowest BCUT2D eigenvalue weighted by atomic mass is 9.97. The molecule has 2 rings (SSSR count). The Morgan fingerprint density at radius 2 is 2.31 bits per heavy atom. The van der Waals surface area contributed by atoms with Gasteiger partial charge in [-0.05, 0) is 36.6 Å². The van der Waals surface area contributed by atoms with Gasteiger partial charge >= 0.3 is 0 Å². The zero-order valence-electron chi connectivity index (χ0n) is 9.44. The molecule has 1 aromatic rings. The van der Waals surface area contributed by atoms with E-state index >= 15 is 0 Å². The Bertz CT molecular complexity index is 412. The van der Waals surface area contributed by atoms with Crippen molar-refractivity contribution in [3.8, 4) is 11.5 Å². The van der Waals surface area contributed by atoms with Gasteiger partial charge in [0.2, 0.25) is 0 Å². The van der Waals surface area contributed by atoms with Crippen molar-refractivity contribution >= 4 is 0 Å². The maximum atomic E-state index is 9.40. The van der Waals surface area contributed by atoms with Crippen molar-refractivity contribution < 1.29 is 9.84 Å². The van der Waals surface area contributed by atoms with Crippen LogP contribution in [0.25, 0.3) is 0 Å². The Morgan fingerprint density at radius 3 is 3.06 bits per heavy atom. The molecule has 0 saturated carbocycles. The SMILES string of the molecule is CCC(N)CC1=COc2ccc(O)cc2C1. The molecule has 0 amide bonds. The van der Waals surface area contributed by atoms with E-state index in [-0.39, 0.29) is 11.8 Å². The van der Waals surface area contributed by atoms with Crippen molar-refractivity contribution in [3.63, 3.8) is 0 Å². The molecule has 16 heavy (non-hydrogen) atoms. The number of hydrogen-bond acceptors (Lipinski definition) is 3. The number of fused-ring (bicyclic) bond motifs is 1. The topological polar surface area (TPSA) is 55.5 Å². The molecule has 1 heterocycles. The molecule has 86 valence electrons. The Morgan fingerprint density at radius 1 is 1.50 bits per heavy atom. The minimum absolute atomic E-state index is 0.189. The Labute approximate surface area is 95.5 Å². The fourth-order valence-corrected chi connectivity index (χ4v) is 1.85. The van der Waals surface area contributed by atoms with Crippen LogP contribution in [0.4, 0.5) is 0 Å². The lowest BCUT2D eigenvalue weighted by Gasteiger charge is -2.19. The minimum Gasteiger partial charge on any atom is -0.508 e. The normalized spacial score (nSPS) is 16.0. The third-order valence-corrected chi connectivity index (χ3v) is 2.86. The van der Waals surface area contributed by atoms with Crippen LogP contribution in [0.3, 0.4) is 0 Å². The number of benzene rings is 1. The van der Waals surface area contributed by atoms with Crippen LogP contribution in [-0.2, 0) is 6.42 Å². The molecule has 3 N–H and O–H groups in total. The van der Waals surface area contributed by atoms with Crippen LogP contribution in [0.1, 0.15) is 25.3 Å². The summed E-state index contributed by atoms with van der Waals surface area (Å²) in [5.41, 5.74) is 8.12. The van der Waals surface area contributed by atoms with Crippen molar-refractivity contribution in [2.45, 2.75) is 32.2 Å². The third-order valence-electron chi connectivity index (χ3n) is 2.86. The van der Waals surface area contributed by atoms with Gasteiger partial charge in [0, 0.05) is 18.0 Å². The van der Waals surface area contributed by atoms with E-state index in [1.807, 2.05) is 0 Å². The van der Waals surface area contributed by atoms with Crippen molar-refractivity contribution in [1.29, 1.82) is 0 Å². The number of rotatable bonds is 3. The molecule has 0 radical (unpaired) electrons. The minimum atomic E-state index is 0.189.